The second kappa shape index (κ2) is 5.98. The average Bonchev–Trinajstić information content (AvgIpc) is 2.97. The summed E-state index contributed by atoms with van der Waals surface area (Å²) in [5.74, 6) is 1.12. The highest BCUT2D eigenvalue weighted by Gasteiger charge is 2.07. The Morgan fingerprint density at radius 2 is 2.41 bits per heavy atom. The number of nitrogens with one attached hydrogen (secondary N) is 1. The Bertz CT molecular complexity index is 433. The van der Waals surface area contributed by atoms with Crippen LogP contribution in [0.2, 0.25) is 0 Å². The predicted octanol–water partition coefficient (Wildman–Crippen LogP) is 3.21. The van der Waals surface area contributed by atoms with Gasteiger partial charge in [-0.25, -0.2) is 4.98 Å². The molecule has 3 nitrogen and oxygen atoms in total. The van der Waals surface area contributed by atoms with Crippen LogP contribution in [-0.2, 0) is 13.1 Å². The fraction of sp³-hybridized carbons (Fsp3) is 0.462. The van der Waals surface area contributed by atoms with Gasteiger partial charge in [0.05, 0.1) is 6.54 Å². The topological polar surface area (TPSA) is 29.9 Å². The molecule has 2 rings (SSSR count). The zero-order valence-electron chi connectivity index (χ0n) is 10.4. The van der Waals surface area contributed by atoms with E-state index in [0.29, 0.717) is 6.04 Å². The first-order chi connectivity index (χ1) is 8.31. The fourth-order valence-electron chi connectivity index (χ4n) is 1.84. The van der Waals surface area contributed by atoms with Gasteiger partial charge in [-0.05, 0) is 35.7 Å². The molecule has 2 heterocycles. The Labute approximate surface area is 107 Å². The van der Waals surface area contributed by atoms with Gasteiger partial charge in [0.15, 0.2) is 0 Å². The van der Waals surface area contributed by atoms with Gasteiger partial charge in [0.2, 0.25) is 0 Å². The minimum Gasteiger partial charge on any atom is -0.334 e. The fourth-order valence-corrected chi connectivity index (χ4v) is 2.59. The number of aryl methyl sites for hydroxylation is 1. The van der Waals surface area contributed by atoms with Gasteiger partial charge in [0.25, 0.3) is 0 Å². The molecule has 2 aromatic heterocycles. The molecule has 1 unspecified atom stereocenters. The number of thiophene rings is 1. The van der Waals surface area contributed by atoms with E-state index in [1.165, 1.54) is 5.56 Å². The number of nitrogens with zero attached hydrogens (tertiary/aromatic N) is 2. The van der Waals surface area contributed by atoms with Crippen LogP contribution < -0.4 is 5.32 Å². The summed E-state index contributed by atoms with van der Waals surface area (Å²) < 4.78 is 2.22. The molecule has 0 amide bonds. The van der Waals surface area contributed by atoms with Crippen LogP contribution in [0.25, 0.3) is 0 Å². The molecule has 1 N–H and O–H groups in total. The first kappa shape index (κ1) is 12.3. The lowest BCUT2D eigenvalue weighted by molar-refractivity contribution is 0.533. The summed E-state index contributed by atoms with van der Waals surface area (Å²) in [4.78, 5) is 4.39. The molecule has 1 atom stereocenters. The monoisotopic (exact) mass is 249 g/mol. The molecular weight excluding hydrogens is 230 g/mol. The Morgan fingerprint density at radius 1 is 1.53 bits per heavy atom. The van der Waals surface area contributed by atoms with Crippen LogP contribution in [0.4, 0.5) is 0 Å². The lowest BCUT2D eigenvalue weighted by Gasteiger charge is -2.13. The third kappa shape index (κ3) is 3.17. The molecule has 0 radical (unpaired) electrons. The van der Waals surface area contributed by atoms with Crippen molar-refractivity contribution in [2.45, 2.75) is 39.4 Å². The van der Waals surface area contributed by atoms with Crippen LogP contribution in [0.5, 0.6) is 0 Å². The zero-order chi connectivity index (χ0) is 12.1. The summed E-state index contributed by atoms with van der Waals surface area (Å²) in [6.45, 7) is 6.24. The van der Waals surface area contributed by atoms with Crippen molar-refractivity contribution in [3.05, 3.63) is 40.6 Å². The van der Waals surface area contributed by atoms with E-state index in [1.54, 1.807) is 11.3 Å². The lowest BCUT2D eigenvalue weighted by atomic mass is 10.2. The maximum absolute atomic E-state index is 4.39. The first-order valence-electron chi connectivity index (χ1n) is 6.06. The van der Waals surface area contributed by atoms with Gasteiger partial charge >= 0.3 is 0 Å². The van der Waals surface area contributed by atoms with Gasteiger partial charge in [-0.1, -0.05) is 6.92 Å². The Balaban J connectivity index is 1.91. The van der Waals surface area contributed by atoms with Crippen LogP contribution in [0.1, 0.15) is 37.7 Å². The Morgan fingerprint density at radius 3 is 3.12 bits per heavy atom. The molecule has 0 aliphatic carbocycles. The lowest BCUT2D eigenvalue weighted by Crippen LogP contribution is -2.20. The number of aromatic nitrogens is 2. The van der Waals surface area contributed by atoms with E-state index >= 15 is 0 Å². The van der Waals surface area contributed by atoms with E-state index in [0.717, 1.165) is 25.3 Å². The summed E-state index contributed by atoms with van der Waals surface area (Å²) in [5.41, 5.74) is 1.35. The Kier molecular flexibility index (Phi) is 4.34. The Hall–Kier alpha value is -1.13. The summed E-state index contributed by atoms with van der Waals surface area (Å²) in [7, 11) is 0. The standard InChI is InChI=1S/C13H19N3S/c1-3-6-16-7-5-14-13(16)9-15-11(2)12-4-8-17-10-12/h4-5,7-8,10-11,15H,3,6,9H2,1-2H3. The number of rotatable bonds is 6. The number of imidazole rings is 1. The minimum atomic E-state index is 0.382. The maximum atomic E-state index is 4.39. The molecule has 92 valence electrons. The predicted molar refractivity (Wildman–Crippen MR) is 72.1 cm³/mol. The SMILES string of the molecule is CCCn1ccnc1CNC(C)c1ccsc1. The molecule has 0 aromatic carbocycles. The average molecular weight is 249 g/mol. The highest BCUT2D eigenvalue weighted by Crippen LogP contribution is 2.15. The third-order valence-electron chi connectivity index (χ3n) is 2.88. The van der Waals surface area contributed by atoms with Crippen molar-refractivity contribution in [1.82, 2.24) is 14.9 Å². The highest BCUT2D eigenvalue weighted by atomic mass is 32.1. The largest absolute Gasteiger partial charge is 0.334 e. The van der Waals surface area contributed by atoms with Crippen molar-refractivity contribution >= 4 is 11.3 Å². The van der Waals surface area contributed by atoms with E-state index in [2.05, 4.69) is 51.7 Å². The van der Waals surface area contributed by atoms with Crippen molar-refractivity contribution in [3.8, 4) is 0 Å². The van der Waals surface area contributed by atoms with Crippen molar-refractivity contribution in [3.63, 3.8) is 0 Å². The van der Waals surface area contributed by atoms with Crippen molar-refractivity contribution in [2.24, 2.45) is 0 Å². The molecule has 0 fully saturated rings. The van der Waals surface area contributed by atoms with Crippen LogP contribution in [-0.4, -0.2) is 9.55 Å². The molecule has 0 spiro atoms. The van der Waals surface area contributed by atoms with E-state index in [-0.39, 0.29) is 0 Å². The first-order valence-corrected chi connectivity index (χ1v) is 7.01. The maximum Gasteiger partial charge on any atom is 0.122 e. The summed E-state index contributed by atoms with van der Waals surface area (Å²) in [6.07, 6.45) is 5.07. The van der Waals surface area contributed by atoms with Gasteiger partial charge in [0, 0.05) is 25.0 Å². The van der Waals surface area contributed by atoms with Gasteiger partial charge in [-0.2, -0.15) is 11.3 Å². The molecule has 2 aromatic rings. The molecule has 4 heteroatoms. The molecule has 0 saturated carbocycles. The summed E-state index contributed by atoms with van der Waals surface area (Å²) >= 11 is 1.74. The number of hydrogen-bond acceptors (Lipinski definition) is 3. The molecule has 17 heavy (non-hydrogen) atoms. The van der Waals surface area contributed by atoms with Gasteiger partial charge in [-0.3, -0.25) is 0 Å². The van der Waals surface area contributed by atoms with Gasteiger partial charge < -0.3 is 9.88 Å². The minimum absolute atomic E-state index is 0.382. The van der Waals surface area contributed by atoms with E-state index in [1.807, 2.05) is 6.20 Å². The van der Waals surface area contributed by atoms with E-state index in [9.17, 15) is 0 Å². The smallest absolute Gasteiger partial charge is 0.122 e. The molecule has 0 saturated heterocycles. The highest BCUT2D eigenvalue weighted by molar-refractivity contribution is 7.07. The van der Waals surface area contributed by atoms with Crippen molar-refractivity contribution in [1.29, 1.82) is 0 Å². The van der Waals surface area contributed by atoms with Crippen LogP contribution in [0.3, 0.4) is 0 Å². The van der Waals surface area contributed by atoms with Gasteiger partial charge in [-0.15, -0.1) is 0 Å². The number of hydrogen-bond donors (Lipinski definition) is 1. The van der Waals surface area contributed by atoms with Crippen LogP contribution in [0.15, 0.2) is 29.2 Å². The summed E-state index contributed by atoms with van der Waals surface area (Å²) in [6, 6.07) is 2.55. The molecule has 0 aliphatic heterocycles. The quantitative estimate of drug-likeness (QED) is 0.852. The van der Waals surface area contributed by atoms with E-state index in [4.69, 9.17) is 0 Å². The van der Waals surface area contributed by atoms with Crippen molar-refractivity contribution < 1.29 is 0 Å². The zero-order valence-corrected chi connectivity index (χ0v) is 11.2. The molecule has 0 bridgehead atoms. The molecular formula is C13H19N3S. The van der Waals surface area contributed by atoms with Crippen molar-refractivity contribution in [2.75, 3.05) is 0 Å². The molecule has 0 aliphatic rings. The van der Waals surface area contributed by atoms with Gasteiger partial charge in [0.1, 0.15) is 5.82 Å². The second-order valence-electron chi connectivity index (χ2n) is 4.20. The third-order valence-corrected chi connectivity index (χ3v) is 3.58. The normalized spacial score (nSPS) is 12.8. The summed E-state index contributed by atoms with van der Waals surface area (Å²) in [5, 5.41) is 7.82. The van der Waals surface area contributed by atoms with Crippen LogP contribution in [0, 0.1) is 0 Å². The van der Waals surface area contributed by atoms with Crippen LogP contribution >= 0.6 is 11.3 Å². The second-order valence-corrected chi connectivity index (χ2v) is 4.98. The van der Waals surface area contributed by atoms with E-state index < -0.39 is 0 Å².